The molecule has 0 radical (unpaired) electrons. The lowest BCUT2D eigenvalue weighted by atomic mass is 10.1. The molecule has 0 aliphatic carbocycles. The van der Waals surface area contributed by atoms with Crippen LogP contribution < -0.4 is 16.0 Å². The number of rotatable bonds is 0. The number of fused-ring (bicyclic) bond motifs is 4. The molecule has 4 bridgehead atoms. The minimum atomic E-state index is 0.845. The van der Waals surface area contributed by atoms with Crippen LogP contribution in [-0.2, 0) is 0 Å². The second-order valence-corrected chi connectivity index (χ2v) is 5.32. The third kappa shape index (κ3) is 2.48. The third-order valence-corrected chi connectivity index (χ3v) is 3.78. The van der Waals surface area contributed by atoms with Gasteiger partial charge in [0.1, 0.15) is 5.82 Å². The van der Waals surface area contributed by atoms with Gasteiger partial charge in [0.25, 0.3) is 0 Å². The second kappa shape index (κ2) is 5.65. The van der Waals surface area contributed by atoms with Gasteiger partial charge in [-0.3, -0.25) is 0 Å². The second-order valence-electron chi connectivity index (χ2n) is 5.32. The van der Waals surface area contributed by atoms with E-state index in [9.17, 15) is 0 Å². The van der Waals surface area contributed by atoms with E-state index in [4.69, 9.17) is 4.98 Å². The van der Waals surface area contributed by atoms with Crippen molar-refractivity contribution in [1.29, 1.82) is 0 Å². The Morgan fingerprint density at radius 3 is 2.86 bits per heavy atom. The highest BCUT2D eigenvalue weighted by Crippen LogP contribution is 2.26. The molecule has 0 amide bonds. The summed E-state index contributed by atoms with van der Waals surface area (Å²) in [5.41, 5.74) is 4.15. The van der Waals surface area contributed by atoms with Gasteiger partial charge in [-0.15, -0.1) is 0 Å². The Labute approximate surface area is 128 Å². The van der Waals surface area contributed by atoms with E-state index in [2.05, 4.69) is 45.3 Å². The van der Waals surface area contributed by atoms with Crippen molar-refractivity contribution in [3.63, 3.8) is 0 Å². The van der Waals surface area contributed by atoms with Crippen LogP contribution in [0.2, 0.25) is 0 Å². The summed E-state index contributed by atoms with van der Waals surface area (Å²) in [5, 5.41) is 14.6. The monoisotopic (exact) mass is 294 g/mol. The fourth-order valence-electron chi connectivity index (χ4n) is 2.67. The van der Waals surface area contributed by atoms with Gasteiger partial charge in [-0.05, 0) is 23.8 Å². The molecule has 0 atom stereocenters. The molecule has 3 heterocycles. The Morgan fingerprint density at radius 2 is 1.91 bits per heavy atom. The molecule has 6 nitrogen and oxygen atoms in total. The van der Waals surface area contributed by atoms with E-state index in [1.165, 1.54) is 0 Å². The first-order valence-electron chi connectivity index (χ1n) is 7.53. The zero-order valence-electron chi connectivity index (χ0n) is 12.2. The van der Waals surface area contributed by atoms with Crippen molar-refractivity contribution in [1.82, 2.24) is 19.9 Å². The first-order chi connectivity index (χ1) is 10.9. The summed E-state index contributed by atoms with van der Waals surface area (Å²) in [4.78, 5) is 4.70. The standard InChI is InChI=1S/C16H18N6/c1-2-12-10-13(3-1)18-7-5-17-6-8-19-15-4-9-22-16(21-15)14(12)11-20-22/h1-4,9-11,17-18H,5-8H2,(H,19,21). The van der Waals surface area contributed by atoms with E-state index in [-0.39, 0.29) is 0 Å². The van der Waals surface area contributed by atoms with Gasteiger partial charge in [0.05, 0.1) is 6.20 Å². The van der Waals surface area contributed by atoms with E-state index >= 15 is 0 Å². The molecule has 3 N–H and O–H groups in total. The van der Waals surface area contributed by atoms with Crippen LogP contribution in [0.4, 0.5) is 11.5 Å². The summed E-state index contributed by atoms with van der Waals surface area (Å²) in [7, 11) is 0. The van der Waals surface area contributed by atoms with Crippen molar-refractivity contribution < 1.29 is 0 Å². The van der Waals surface area contributed by atoms with Crippen LogP contribution in [0.5, 0.6) is 0 Å². The number of benzene rings is 1. The van der Waals surface area contributed by atoms with Crippen molar-refractivity contribution in [3.8, 4) is 11.1 Å². The molecule has 3 aromatic rings. The maximum absolute atomic E-state index is 4.70. The first kappa shape index (κ1) is 13.1. The molecule has 0 fully saturated rings. The molecule has 0 unspecified atom stereocenters. The Kier molecular flexibility index (Phi) is 3.36. The molecule has 112 valence electrons. The van der Waals surface area contributed by atoms with E-state index in [0.29, 0.717) is 0 Å². The molecule has 22 heavy (non-hydrogen) atoms. The largest absolute Gasteiger partial charge is 0.384 e. The minimum absolute atomic E-state index is 0.845. The molecule has 1 aromatic carbocycles. The zero-order chi connectivity index (χ0) is 14.8. The molecule has 4 rings (SSSR count). The predicted octanol–water partition coefficient (Wildman–Crippen LogP) is 1.82. The van der Waals surface area contributed by atoms with Gasteiger partial charge in [-0.2, -0.15) is 5.10 Å². The number of anilines is 2. The van der Waals surface area contributed by atoms with Gasteiger partial charge >= 0.3 is 0 Å². The van der Waals surface area contributed by atoms with Crippen molar-refractivity contribution in [3.05, 3.63) is 42.7 Å². The molecule has 1 aliphatic rings. The van der Waals surface area contributed by atoms with E-state index < -0.39 is 0 Å². The third-order valence-electron chi connectivity index (χ3n) is 3.78. The summed E-state index contributed by atoms with van der Waals surface area (Å²) in [6, 6.07) is 10.3. The van der Waals surface area contributed by atoms with Crippen LogP contribution in [-0.4, -0.2) is 40.8 Å². The Bertz CT molecular complexity index is 794. The minimum Gasteiger partial charge on any atom is -0.384 e. The maximum atomic E-state index is 4.70. The molecule has 0 spiro atoms. The molecule has 0 saturated carbocycles. The van der Waals surface area contributed by atoms with Crippen LogP contribution in [0.25, 0.3) is 16.8 Å². The highest BCUT2D eigenvalue weighted by Gasteiger charge is 2.10. The van der Waals surface area contributed by atoms with Gasteiger partial charge < -0.3 is 16.0 Å². The van der Waals surface area contributed by atoms with Crippen LogP contribution >= 0.6 is 0 Å². The van der Waals surface area contributed by atoms with Crippen molar-refractivity contribution >= 4 is 17.2 Å². The molecular formula is C16H18N6. The molecule has 0 saturated heterocycles. The van der Waals surface area contributed by atoms with Crippen molar-refractivity contribution in [2.45, 2.75) is 0 Å². The van der Waals surface area contributed by atoms with Gasteiger partial charge in [0, 0.05) is 43.6 Å². The van der Waals surface area contributed by atoms with Crippen LogP contribution in [0.1, 0.15) is 0 Å². The molecule has 2 aromatic heterocycles. The highest BCUT2D eigenvalue weighted by atomic mass is 15.2. The topological polar surface area (TPSA) is 66.3 Å². The van der Waals surface area contributed by atoms with Gasteiger partial charge in [0.2, 0.25) is 0 Å². The van der Waals surface area contributed by atoms with Gasteiger partial charge in [-0.1, -0.05) is 12.1 Å². The number of nitrogens with one attached hydrogen (secondary N) is 3. The summed E-state index contributed by atoms with van der Waals surface area (Å²) in [6.45, 7) is 3.58. The zero-order valence-corrected chi connectivity index (χ0v) is 12.2. The number of nitrogens with zero attached hydrogens (tertiary/aromatic N) is 3. The van der Waals surface area contributed by atoms with Crippen LogP contribution in [0.15, 0.2) is 42.7 Å². The van der Waals surface area contributed by atoms with Gasteiger partial charge in [-0.25, -0.2) is 9.50 Å². The average molecular weight is 294 g/mol. The van der Waals surface area contributed by atoms with Gasteiger partial charge in [0.15, 0.2) is 5.65 Å². The van der Waals surface area contributed by atoms with E-state index in [1.54, 1.807) is 0 Å². The highest BCUT2D eigenvalue weighted by molar-refractivity contribution is 5.79. The summed E-state index contributed by atoms with van der Waals surface area (Å²) >= 11 is 0. The maximum Gasteiger partial charge on any atom is 0.165 e. The number of aromatic nitrogens is 3. The quantitative estimate of drug-likeness (QED) is 0.590. The Morgan fingerprint density at radius 1 is 1.00 bits per heavy atom. The first-order valence-corrected chi connectivity index (χ1v) is 7.53. The van der Waals surface area contributed by atoms with E-state index in [0.717, 1.165) is 54.5 Å². The fourth-order valence-corrected chi connectivity index (χ4v) is 2.67. The Balaban J connectivity index is 1.83. The lowest BCUT2D eigenvalue weighted by molar-refractivity contribution is 0.718. The summed E-state index contributed by atoms with van der Waals surface area (Å²) < 4.78 is 1.81. The molecule has 6 heteroatoms. The predicted molar refractivity (Wildman–Crippen MR) is 88.3 cm³/mol. The lowest BCUT2D eigenvalue weighted by Gasteiger charge is -2.11. The average Bonchev–Trinajstić information content (AvgIpc) is 2.97. The fraction of sp³-hybridized carbons (Fsp3) is 0.250. The summed E-state index contributed by atoms with van der Waals surface area (Å²) in [6.07, 6.45) is 3.81. The van der Waals surface area contributed by atoms with Crippen molar-refractivity contribution in [2.75, 3.05) is 36.8 Å². The smallest absolute Gasteiger partial charge is 0.165 e. The van der Waals surface area contributed by atoms with E-state index in [1.807, 2.05) is 23.0 Å². The normalized spacial score (nSPS) is 15.1. The summed E-state index contributed by atoms with van der Waals surface area (Å²) in [5.74, 6) is 0.877. The van der Waals surface area contributed by atoms with Crippen LogP contribution in [0.3, 0.4) is 0 Å². The molecule has 1 aliphatic heterocycles. The lowest BCUT2D eigenvalue weighted by Crippen LogP contribution is -2.27. The number of hydrogen-bond acceptors (Lipinski definition) is 5. The molecular weight excluding hydrogens is 276 g/mol. The Hall–Kier alpha value is -2.60. The van der Waals surface area contributed by atoms with Crippen LogP contribution in [0, 0.1) is 0 Å². The van der Waals surface area contributed by atoms with Crippen molar-refractivity contribution in [2.24, 2.45) is 0 Å². The number of hydrogen-bond donors (Lipinski definition) is 3. The SMILES string of the molecule is c1cc2cc(c1)-c1cnn3ccc(nc13)NCCNCCN2.